The maximum atomic E-state index is 11.7. The highest BCUT2D eigenvalue weighted by Crippen LogP contribution is 2.69. The molecule has 1 aromatic heterocycles. The van der Waals surface area contributed by atoms with E-state index in [0.29, 0.717) is 16.7 Å². The number of aryl methyl sites for hydroxylation is 2. The predicted molar refractivity (Wildman–Crippen MR) is 160 cm³/mol. The summed E-state index contributed by atoms with van der Waals surface area (Å²) in [6, 6.07) is 2.03. The summed E-state index contributed by atoms with van der Waals surface area (Å²) in [6.07, 6.45) is 15.9. The molecule has 0 radical (unpaired) electrons. The molecule has 4 fully saturated rings. The summed E-state index contributed by atoms with van der Waals surface area (Å²) in [5.74, 6) is 6.79. The molecule has 4 heteroatoms. The SMILES string of the molecule is Cc1cc(C)nc(SC[C@@]2(O)CC[C@]3(C)C4CC[C@@]5(C)C(CC[C@@H]5[C@H](C)CCCC(C)C)C4CC[C@H]3C2)n1. The van der Waals surface area contributed by atoms with Gasteiger partial charge in [0.1, 0.15) is 0 Å². The zero-order valence-electron chi connectivity index (χ0n) is 25.6. The molecule has 0 saturated heterocycles. The summed E-state index contributed by atoms with van der Waals surface area (Å²) in [5.41, 5.74) is 2.45. The lowest BCUT2D eigenvalue weighted by molar-refractivity contribution is -0.146. The zero-order chi connectivity index (χ0) is 27.3. The van der Waals surface area contributed by atoms with E-state index in [1.165, 1.54) is 64.2 Å². The fourth-order valence-electron chi connectivity index (χ4n) is 10.4. The second-order valence-electron chi connectivity index (χ2n) is 15.3. The highest BCUT2D eigenvalue weighted by molar-refractivity contribution is 7.99. The van der Waals surface area contributed by atoms with Crippen molar-refractivity contribution in [2.75, 3.05) is 5.75 Å². The van der Waals surface area contributed by atoms with Crippen LogP contribution in [0.15, 0.2) is 11.2 Å². The first kappa shape index (κ1) is 28.9. The van der Waals surface area contributed by atoms with Gasteiger partial charge in [0, 0.05) is 17.1 Å². The topological polar surface area (TPSA) is 46.0 Å². The van der Waals surface area contributed by atoms with E-state index in [-0.39, 0.29) is 0 Å². The second-order valence-corrected chi connectivity index (χ2v) is 16.3. The second kappa shape index (κ2) is 11.0. The van der Waals surface area contributed by atoms with Gasteiger partial charge in [-0.3, -0.25) is 0 Å². The van der Waals surface area contributed by atoms with E-state index >= 15 is 0 Å². The molecular formula is C34H56N2OS. The minimum absolute atomic E-state index is 0.415. The Morgan fingerprint density at radius 3 is 2.32 bits per heavy atom. The van der Waals surface area contributed by atoms with Crippen molar-refractivity contribution in [2.45, 2.75) is 136 Å². The molecule has 38 heavy (non-hydrogen) atoms. The minimum atomic E-state index is -0.574. The highest BCUT2D eigenvalue weighted by atomic mass is 32.2. The molecule has 9 atom stereocenters. The van der Waals surface area contributed by atoms with Crippen molar-refractivity contribution in [1.82, 2.24) is 9.97 Å². The van der Waals surface area contributed by atoms with E-state index < -0.39 is 5.60 Å². The number of rotatable bonds is 8. The first-order valence-electron chi connectivity index (χ1n) is 16.1. The van der Waals surface area contributed by atoms with Gasteiger partial charge in [0.05, 0.1) is 5.60 Å². The number of hydrogen-bond donors (Lipinski definition) is 1. The van der Waals surface area contributed by atoms with Crippen molar-refractivity contribution < 1.29 is 5.11 Å². The van der Waals surface area contributed by atoms with Gasteiger partial charge in [0.15, 0.2) is 5.16 Å². The van der Waals surface area contributed by atoms with Crippen molar-refractivity contribution in [3.05, 3.63) is 17.5 Å². The Hall–Kier alpha value is -0.610. The Balaban J connectivity index is 1.23. The van der Waals surface area contributed by atoms with Crippen LogP contribution < -0.4 is 0 Å². The molecule has 0 aromatic carbocycles. The fourth-order valence-corrected chi connectivity index (χ4v) is 11.5. The lowest BCUT2D eigenvalue weighted by Gasteiger charge is -2.62. The Kier molecular flexibility index (Phi) is 8.36. The van der Waals surface area contributed by atoms with Gasteiger partial charge in [-0.25, -0.2) is 9.97 Å². The third-order valence-corrected chi connectivity index (χ3v) is 13.6. The number of hydrogen-bond acceptors (Lipinski definition) is 4. The molecular weight excluding hydrogens is 484 g/mol. The van der Waals surface area contributed by atoms with Crippen LogP contribution in [0.5, 0.6) is 0 Å². The van der Waals surface area contributed by atoms with Gasteiger partial charge in [-0.1, -0.05) is 65.6 Å². The van der Waals surface area contributed by atoms with E-state index in [1.807, 2.05) is 19.9 Å². The molecule has 0 bridgehead atoms. The van der Waals surface area contributed by atoms with Crippen LogP contribution in [0.25, 0.3) is 0 Å². The van der Waals surface area contributed by atoms with Crippen molar-refractivity contribution in [1.29, 1.82) is 0 Å². The van der Waals surface area contributed by atoms with Crippen molar-refractivity contribution >= 4 is 11.8 Å². The van der Waals surface area contributed by atoms with Gasteiger partial charge < -0.3 is 5.11 Å². The normalized spacial score (nSPS) is 41.4. The molecule has 4 saturated carbocycles. The number of aromatic nitrogens is 2. The summed E-state index contributed by atoms with van der Waals surface area (Å²) < 4.78 is 0. The fraction of sp³-hybridized carbons (Fsp3) is 0.882. The molecule has 4 aliphatic carbocycles. The molecule has 3 unspecified atom stereocenters. The van der Waals surface area contributed by atoms with E-state index in [0.717, 1.165) is 70.6 Å². The summed E-state index contributed by atoms with van der Waals surface area (Å²) >= 11 is 1.66. The molecule has 4 aliphatic rings. The van der Waals surface area contributed by atoms with Crippen LogP contribution in [0, 0.1) is 66.1 Å². The summed E-state index contributed by atoms with van der Waals surface area (Å²) in [4.78, 5) is 9.24. The monoisotopic (exact) mass is 540 g/mol. The molecule has 1 N–H and O–H groups in total. The van der Waals surface area contributed by atoms with Gasteiger partial charge in [0.25, 0.3) is 0 Å². The van der Waals surface area contributed by atoms with E-state index in [2.05, 4.69) is 44.6 Å². The van der Waals surface area contributed by atoms with E-state index in [1.54, 1.807) is 11.8 Å². The smallest absolute Gasteiger partial charge is 0.188 e. The number of thioether (sulfide) groups is 1. The standard InChI is InChI=1S/C34H56N2OS/c1-22(2)9-8-10-23(3)28-13-14-29-27-12-11-26-20-34(37,21-38-31-35-24(4)19-25(5)36-31)18-17-32(26,6)30(27)15-16-33(28,29)7/h19,22-23,26-30,37H,8-18,20-21H2,1-7H3/t23-,26+,27?,28-,29?,30?,32+,33-,34-/m1/s1. The maximum absolute atomic E-state index is 11.7. The van der Waals surface area contributed by atoms with Crippen LogP contribution in [0.2, 0.25) is 0 Å². The zero-order valence-corrected chi connectivity index (χ0v) is 26.4. The summed E-state index contributed by atoms with van der Waals surface area (Å²) in [6.45, 7) is 16.8. The first-order chi connectivity index (χ1) is 17.9. The van der Waals surface area contributed by atoms with Crippen molar-refractivity contribution in [3.8, 4) is 0 Å². The van der Waals surface area contributed by atoms with Crippen LogP contribution in [-0.4, -0.2) is 26.4 Å². The maximum Gasteiger partial charge on any atom is 0.188 e. The molecule has 214 valence electrons. The molecule has 5 rings (SSSR count). The van der Waals surface area contributed by atoms with Gasteiger partial charge >= 0.3 is 0 Å². The summed E-state index contributed by atoms with van der Waals surface area (Å²) in [7, 11) is 0. The van der Waals surface area contributed by atoms with E-state index in [9.17, 15) is 5.11 Å². The van der Waals surface area contributed by atoms with Crippen LogP contribution in [-0.2, 0) is 0 Å². The van der Waals surface area contributed by atoms with Gasteiger partial charge in [-0.15, -0.1) is 0 Å². The molecule has 0 spiro atoms. The van der Waals surface area contributed by atoms with Gasteiger partial charge in [-0.2, -0.15) is 0 Å². The largest absolute Gasteiger partial charge is 0.389 e. The quantitative estimate of drug-likeness (QED) is 0.264. The van der Waals surface area contributed by atoms with Crippen molar-refractivity contribution in [3.63, 3.8) is 0 Å². The third-order valence-electron chi connectivity index (χ3n) is 12.5. The minimum Gasteiger partial charge on any atom is -0.389 e. The van der Waals surface area contributed by atoms with Crippen LogP contribution >= 0.6 is 11.8 Å². The number of nitrogens with zero attached hydrogens (tertiary/aromatic N) is 2. The Bertz CT molecular complexity index is 961. The average Bonchev–Trinajstić information content (AvgIpc) is 3.20. The Morgan fingerprint density at radius 2 is 1.61 bits per heavy atom. The average molecular weight is 541 g/mol. The van der Waals surface area contributed by atoms with Crippen LogP contribution in [0.1, 0.15) is 123 Å². The van der Waals surface area contributed by atoms with E-state index in [4.69, 9.17) is 0 Å². The number of aliphatic hydroxyl groups is 1. The van der Waals surface area contributed by atoms with Crippen LogP contribution in [0.3, 0.4) is 0 Å². The first-order valence-corrected chi connectivity index (χ1v) is 17.1. The lowest BCUT2D eigenvalue weighted by atomic mass is 9.43. The Morgan fingerprint density at radius 1 is 0.895 bits per heavy atom. The van der Waals surface area contributed by atoms with Gasteiger partial charge in [0.2, 0.25) is 0 Å². The Labute approximate surface area is 238 Å². The molecule has 0 amide bonds. The lowest BCUT2D eigenvalue weighted by Crippen LogP contribution is -2.56. The van der Waals surface area contributed by atoms with Crippen LogP contribution in [0.4, 0.5) is 0 Å². The highest BCUT2D eigenvalue weighted by Gasteiger charge is 2.61. The summed E-state index contributed by atoms with van der Waals surface area (Å²) in [5, 5.41) is 12.6. The molecule has 0 aliphatic heterocycles. The predicted octanol–water partition coefficient (Wildman–Crippen LogP) is 9.04. The van der Waals surface area contributed by atoms with Crippen molar-refractivity contribution in [2.24, 2.45) is 52.3 Å². The molecule has 3 nitrogen and oxygen atoms in total. The number of fused-ring (bicyclic) bond motifs is 5. The molecule has 1 heterocycles. The third kappa shape index (κ3) is 5.48. The molecule has 1 aromatic rings. The van der Waals surface area contributed by atoms with Gasteiger partial charge in [-0.05, 0) is 130 Å².